The van der Waals surface area contributed by atoms with Crippen LogP contribution in [0.2, 0.25) is 0 Å². The predicted molar refractivity (Wildman–Crippen MR) is 49.9 cm³/mol. The molecular weight excluding hydrogens is 216 g/mol. The Hall–Kier alpha value is -1.44. The number of nitrogens with zero attached hydrogens (tertiary/aromatic N) is 2. The normalized spacial score (nSPS) is 35.6. The first kappa shape index (κ1) is 9.76. The molecule has 2 N–H and O–H groups in total. The van der Waals surface area contributed by atoms with E-state index < -0.39 is 30.1 Å². The second-order valence-electron chi connectivity index (χ2n) is 3.78. The molecule has 0 bridgehead atoms. The van der Waals surface area contributed by atoms with E-state index in [2.05, 4.69) is 4.98 Å². The van der Waals surface area contributed by atoms with E-state index in [9.17, 15) is 9.90 Å². The first-order valence-corrected chi connectivity index (χ1v) is 4.91. The van der Waals surface area contributed by atoms with Crippen LogP contribution in [0.15, 0.2) is 17.1 Å². The van der Waals surface area contributed by atoms with Crippen LogP contribution in [0.4, 0.5) is 0 Å². The maximum Gasteiger partial charge on any atom is 0.302 e. The number of aliphatic hydroxyl groups is 2. The predicted octanol–water partition coefficient (Wildman–Crippen LogP) is -1.75. The van der Waals surface area contributed by atoms with Crippen LogP contribution in [0.3, 0.4) is 0 Å². The van der Waals surface area contributed by atoms with Gasteiger partial charge in [0.25, 0.3) is 5.56 Å². The van der Waals surface area contributed by atoms with E-state index in [1.807, 2.05) is 0 Å². The molecule has 0 radical (unpaired) electrons. The Bertz CT molecular complexity index is 473. The molecular formula is C9H10N2O5. The Labute approximate surface area is 89.9 Å². The smallest absolute Gasteiger partial charge is 0.302 e. The van der Waals surface area contributed by atoms with E-state index >= 15 is 0 Å². The quantitative estimate of drug-likeness (QED) is 0.590. The lowest BCUT2D eigenvalue weighted by atomic mass is 10.1. The molecule has 4 atom stereocenters. The van der Waals surface area contributed by atoms with Crippen molar-refractivity contribution >= 4 is 0 Å². The molecule has 0 aliphatic carbocycles. The second kappa shape index (κ2) is 3.27. The van der Waals surface area contributed by atoms with Crippen LogP contribution in [0, 0.1) is 0 Å². The monoisotopic (exact) mass is 226 g/mol. The number of fused-ring (bicyclic) bond motifs is 3. The van der Waals surface area contributed by atoms with Gasteiger partial charge in [0.2, 0.25) is 0 Å². The summed E-state index contributed by atoms with van der Waals surface area (Å²) in [5, 5.41) is 18.7. The van der Waals surface area contributed by atoms with Crippen LogP contribution in [-0.4, -0.2) is 44.7 Å². The van der Waals surface area contributed by atoms with E-state index in [0.29, 0.717) is 0 Å². The van der Waals surface area contributed by atoms with Gasteiger partial charge in [0.05, 0.1) is 6.61 Å². The molecule has 3 rings (SSSR count). The highest BCUT2D eigenvalue weighted by Crippen LogP contribution is 2.38. The van der Waals surface area contributed by atoms with Crippen molar-refractivity contribution < 1.29 is 19.7 Å². The highest BCUT2D eigenvalue weighted by atomic mass is 16.6. The molecule has 0 aromatic carbocycles. The lowest BCUT2D eigenvalue weighted by Crippen LogP contribution is -2.34. The minimum atomic E-state index is -0.924. The number of aliphatic hydroxyl groups excluding tert-OH is 2. The topological polar surface area (TPSA) is 93.8 Å². The van der Waals surface area contributed by atoms with Gasteiger partial charge in [0.15, 0.2) is 12.3 Å². The van der Waals surface area contributed by atoms with Crippen molar-refractivity contribution in [3.05, 3.63) is 22.6 Å². The summed E-state index contributed by atoms with van der Waals surface area (Å²) in [4.78, 5) is 14.7. The van der Waals surface area contributed by atoms with Crippen LogP contribution in [-0.2, 0) is 4.74 Å². The fourth-order valence-electron chi connectivity index (χ4n) is 2.02. The van der Waals surface area contributed by atoms with Gasteiger partial charge in [-0.1, -0.05) is 0 Å². The average molecular weight is 226 g/mol. The molecule has 2 aliphatic heterocycles. The fraction of sp³-hybridized carbons (Fsp3) is 0.556. The maximum absolute atomic E-state index is 11.0. The van der Waals surface area contributed by atoms with E-state index in [1.165, 1.54) is 16.8 Å². The highest BCUT2D eigenvalue weighted by Gasteiger charge is 2.50. The summed E-state index contributed by atoms with van der Waals surface area (Å²) in [6, 6.07) is 1.43. The largest absolute Gasteiger partial charge is 0.453 e. The Morgan fingerprint density at radius 3 is 3.12 bits per heavy atom. The zero-order chi connectivity index (χ0) is 11.3. The van der Waals surface area contributed by atoms with Gasteiger partial charge in [-0.25, -0.2) is 0 Å². The van der Waals surface area contributed by atoms with Gasteiger partial charge in [0.1, 0.15) is 12.2 Å². The zero-order valence-electron chi connectivity index (χ0n) is 8.18. The molecule has 1 aromatic heterocycles. The van der Waals surface area contributed by atoms with Crippen molar-refractivity contribution in [3.8, 4) is 6.01 Å². The van der Waals surface area contributed by atoms with Crippen molar-refractivity contribution in [2.24, 2.45) is 0 Å². The standard InChI is InChI=1S/C9H10N2O5/c12-3-4-6(14)7-8(15-4)11-2-1-5(13)10-9(11)16-7/h1-2,4,6-8,12,14H,3H2/t4-,6-,7-,8+/m1/s1. The molecule has 0 saturated carbocycles. The molecule has 1 saturated heterocycles. The van der Waals surface area contributed by atoms with E-state index in [-0.39, 0.29) is 12.6 Å². The summed E-state index contributed by atoms with van der Waals surface area (Å²) < 4.78 is 12.3. The van der Waals surface area contributed by atoms with Gasteiger partial charge < -0.3 is 19.7 Å². The summed E-state index contributed by atoms with van der Waals surface area (Å²) in [6.45, 7) is -0.277. The van der Waals surface area contributed by atoms with Crippen LogP contribution in [0.5, 0.6) is 6.01 Å². The van der Waals surface area contributed by atoms with E-state index in [1.54, 1.807) is 0 Å². The van der Waals surface area contributed by atoms with Crippen LogP contribution in [0.25, 0.3) is 0 Å². The van der Waals surface area contributed by atoms with Gasteiger partial charge in [-0.2, -0.15) is 4.98 Å². The van der Waals surface area contributed by atoms with Gasteiger partial charge in [-0.15, -0.1) is 0 Å². The number of hydrogen-bond acceptors (Lipinski definition) is 6. The number of ether oxygens (including phenoxy) is 2. The highest BCUT2D eigenvalue weighted by molar-refractivity contribution is 5.10. The summed E-state index contributed by atoms with van der Waals surface area (Å²) in [5.41, 5.74) is -0.403. The summed E-state index contributed by atoms with van der Waals surface area (Å²) in [7, 11) is 0. The Morgan fingerprint density at radius 1 is 1.56 bits per heavy atom. The Morgan fingerprint density at radius 2 is 2.38 bits per heavy atom. The van der Waals surface area contributed by atoms with Crippen molar-refractivity contribution in [1.82, 2.24) is 9.55 Å². The number of aromatic nitrogens is 2. The molecule has 0 amide bonds. The lowest BCUT2D eigenvalue weighted by molar-refractivity contribution is -0.0434. The molecule has 7 nitrogen and oxygen atoms in total. The fourth-order valence-corrected chi connectivity index (χ4v) is 2.02. The average Bonchev–Trinajstić information content (AvgIpc) is 2.75. The molecule has 1 aromatic rings. The maximum atomic E-state index is 11.0. The molecule has 16 heavy (non-hydrogen) atoms. The van der Waals surface area contributed by atoms with Gasteiger partial charge in [-0.05, 0) is 0 Å². The van der Waals surface area contributed by atoms with Gasteiger partial charge in [0, 0.05) is 12.3 Å². The molecule has 2 aliphatic rings. The third-order valence-corrected chi connectivity index (χ3v) is 2.81. The SMILES string of the molecule is O=c1ccn2c(n1)O[C@@H]1[C@H](O)[C@@H](CO)O[C@@H]12. The molecule has 0 unspecified atom stereocenters. The molecule has 7 heteroatoms. The van der Waals surface area contributed by atoms with Crippen molar-refractivity contribution in [2.75, 3.05) is 6.61 Å². The van der Waals surface area contributed by atoms with Gasteiger partial charge >= 0.3 is 6.01 Å². The lowest BCUT2D eigenvalue weighted by Gasteiger charge is -2.13. The third kappa shape index (κ3) is 1.19. The summed E-state index contributed by atoms with van der Waals surface area (Å²) in [6.07, 6.45) is -1.24. The van der Waals surface area contributed by atoms with Crippen LogP contribution >= 0.6 is 0 Å². The van der Waals surface area contributed by atoms with Gasteiger partial charge in [-0.3, -0.25) is 9.36 Å². The first-order valence-electron chi connectivity index (χ1n) is 4.91. The molecule has 3 heterocycles. The van der Waals surface area contributed by atoms with Crippen molar-refractivity contribution in [2.45, 2.75) is 24.5 Å². The third-order valence-electron chi connectivity index (χ3n) is 2.81. The number of hydrogen-bond donors (Lipinski definition) is 2. The molecule has 1 fully saturated rings. The van der Waals surface area contributed by atoms with Crippen LogP contribution < -0.4 is 10.3 Å². The van der Waals surface area contributed by atoms with E-state index in [0.717, 1.165) is 0 Å². The summed E-state index contributed by atoms with van der Waals surface area (Å²) >= 11 is 0. The van der Waals surface area contributed by atoms with E-state index in [4.69, 9.17) is 14.6 Å². The Kier molecular flexibility index (Phi) is 2.00. The number of rotatable bonds is 1. The minimum Gasteiger partial charge on any atom is -0.453 e. The van der Waals surface area contributed by atoms with Crippen molar-refractivity contribution in [3.63, 3.8) is 0 Å². The van der Waals surface area contributed by atoms with Crippen LogP contribution in [0.1, 0.15) is 6.23 Å². The van der Waals surface area contributed by atoms with Crippen molar-refractivity contribution in [1.29, 1.82) is 0 Å². The minimum absolute atomic E-state index is 0.137. The molecule has 0 spiro atoms. The Balaban J connectivity index is 1.99. The summed E-state index contributed by atoms with van der Waals surface area (Å²) in [5.74, 6) is 0. The molecule has 86 valence electrons. The first-order chi connectivity index (χ1) is 7.70. The zero-order valence-corrected chi connectivity index (χ0v) is 8.18. The second-order valence-corrected chi connectivity index (χ2v) is 3.78.